The van der Waals surface area contributed by atoms with Gasteiger partial charge >= 0.3 is 6.09 Å². The van der Waals surface area contributed by atoms with Crippen LogP contribution in [-0.4, -0.2) is 47.9 Å². The highest BCUT2D eigenvalue weighted by atomic mass is 19.1. The van der Waals surface area contributed by atoms with Gasteiger partial charge in [0.1, 0.15) is 11.4 Å². The van der Waals surface area contributed by atoms with Crippen LogP contribution in [0.2, 0.25) is 0 Å². The number of rotatable bonds is 2. The summed E-state index contributed by atoms with van der Waals surface area (Å²) >= 11 is 0. The van der Waals surface area contributed by atoms with Crippen LogP contribution in [0.25, 0.3) is 0 Å². The van der Waals surface area contributed by atoms with E-state index in [4.69, 9.17) is 9.84 Å². The average molecular weight is 310 g/mol. The molecule has 1 aromatic rings. The fraction of sp³-hybridized carbons (Fsp3) is 0.562. The minimum absolute atomic E-state index is 0.177. The van der Waals surface area contributed by atoms with Crippen molar-refractivity contribution in [3.63, 3.8) is 0 Å². The first kappa shape index (κ1) is 16.5. The molecule has 0 spiro atoms. The molecule has 1 saturated heterocycles. The van der Waals surface area contributed by atoms with Gasteiger partial charge in [-0.1, -0.05) is 6.07 Å². The van der Waals surface area contributed by atoms with E-state index in [0.717, 1.165) is 0 Å². The van der Waals surface area contributed by atoms with Gasteiger partial charge in [-0.25, -0.2) is 9.18 Å². The summed E-state index contributed by atoms with van der Waals surface area (Å²) in [7, 11) is 0. The van der Waals surface area contributed by atoms with Crippen LogP contribution in [-0.2, 0) is 11.3 Å². The molecule has 0 aromatic heterocycles. The van der Waals surface area contributed by atoms with Crippen LogP contribution in [0.5, 0.6) is 0 Å². The molecule has 1 amide bonds. The molecule has 1 aliphatic heterocycles. The van der Waals surface area contributed by atoms with Crippen LogP contribution in [0.4, 0.5) is 14.9 Å². The molecule has 1 heterocycles. The zero-order chi connectivity index (χ0) is 16.3. The van der Waals surface area contributed by atoms with Crippen molar-refractivity contribution in [1.82, 2.24) is 4.90 Å². The van der Waals surface area contributed by atoms with Gasteiger partial charge in [-0.3, -0.25) is 0 Å². The summed E-state index contributed by atoms with van der Waals surface area (Å²) in [4.78, 5) is 15.5. The predicted molar refractivity (Wildman–Crippen MR) is 82.3 cm³/mol. The Hall–Kier alpha value is -1.82. The largest absolute Gasteiger partial charge is 0.444 e. The van der Waals surface area contributed by atoms with E-state index >= 15 is 0 Å². The second-order valence-corrected chi connectivity index (χ2v) is 6.40. The lowest BCUT2D eigenvalue weighted by Gasteiger charge is -2.36. The van der Waals surface area contributed by atoms with Crippen molar-refractivity contribution in [2.24, 2.45) is 0 Å². The molecule has 0 radical (unpaired) electrons. The smallest absolute Gasteiger partial charge is 0.410 e. The van der Waals surface area contributed by atoms with Crippen LogP contribution in [0.1, 0.15) is 26.3 Å². The van der Waals surface area contributed by atoms with Gasteiger partial charge in [0, 0.05) is 26.2 Å². The van der Waals surface area contributed by atoms with Crippen LogP contribution in [0.15, 0.2) is 18.2 Å². The molecule has 6 heteroatoms. The van der Waals surface area contributed by atoms with Gasteiger partial charge in [0.05, 0.1) is 12.3 Å². The van der Waals surface area contributed by atoms with Gasteiger partial charge in [-0.05, 0) is 38.5 Å². The first-order valence-corrected chi connectivity index (χ1v) is 7.42. The Morgan fingerprint density at radius 1 is 1.27 bits per heavy atom. The lowest BCUT2D eigenvalue weighted by molar-refractivity contribution is 0.0240. The molecule has 1 fully saturated rings. The number of aliphatic hydroxyl groups excluding tert-OH is 1. The first-order valence-electron chi connectivity index (χ1n) is 7.42. The van der Waals surface area contributed by atoms with Crippen molar-refractivity contribution < 1.29 is 19.0 Å². The predicted octanol–water partition coefficient (Wildman–Crippen LogP) is 2.38. The molecule has 0 saturated carbocycles. The fourth-order valence-corrected chi connectivity index (χ4v) is 2.36. The Labute approximate surface area is 130 Å². The van der Waals surface area contributed by atoms with Gasteiger partial charge in [0.15, 0.2) is 0 Å². The summed E-state index contributed by atoms with van der Waals surface area (Å²) in [5, 5.41) is 9.01. The molecule has 5 nitrogen and oxygen atoms in total. The molecule has 2 rings (SSSR count). The maximum atomic E-state index is 14.0. The molecule has 1 N–H and O–H groups in total. The highest BCUT2D eigenvalue weighted by molar-refractivity contribution is 5.68. The number of hydrogen-bond acceptors (Lipinski definition) is 4. The van der Waals surface area contributed by atoms with Crippen LogP contribution < -0.4 is 4.90 Å². The quantitative estimate of drug-likeness (QED) is 0.911. The summed E-state index contributed by atoms with van der Waals surface area (Å²) < 4.78 is 19.4. The number of hydrogen-bond donors (Lipinski definition) is 1. The number of anilines is 1. The van der Waals surface area contributed by atoms with Crippen molar-refractivity contribution in [1.29, 1.82) is 0 Å². The number of halogens is 1. The Morgan fingerprint density at radius 2 is 1.91 bits per heavy atom. The molecular weight excluding hydrogens is 287 g/mol. The number of amides is 1. The summed E-state index contributed by atoms with van der Waals surface area (Å²) in [5.74, 6) is -0.350. The van der Waals surface area contributed by atoms with Crippen molar-refractivity contribution in [2.45, 2.75) is 33.0 Å². The van der Waals surface area contributed by atoms with Gasteiger partial charge in [-0.2, -0.15) is 0 Å². The number of carbonyl (C=O) groups excluding carboxylic acids is 1. The van der Waals surface area contributed by atoms with E-state index in [9.17, 15) is 9.18 Å². The monoisotopic (exact) mass is 310 g/mol. The third-order valence-corrected chi connectivity index (χ3v) is 3.47. The van der Waals surface area contributed by atoms with Crippen molar-refractivity contribution in [3.8, 4) is 0 Å². The standard InChI is InChI=1S/C16H23FN2O3/c1-16(2,3)22-15(21)19-8-6-18(7-9-19)14-5-4-12(11-20)10-13(14)17/h4-5,10,20H,6-9,11H2,1-3H3. The number of ether oxygens (including phenoxy) is 1. The molecule has 1 aliphatic rings. The number of nitrogens with zero attached hydrogens (tertiary/aromatic N) is 2. The molecule has 0 aliphatic carbocycles. The number of benzene rings is 1. The average Bonchev–Trinajstić information content (AvgIpc) is 2.45. The van der Waals surface area contributed by atoms with Gasteiger partial charge in [0.25, 0.3) is 0 Å². The summed E-state index contributed by atoms with van der Waals surface area (Å²) in [6.45, 7) is 7.41. The summed E-state index contributed by atoms with van der Waals surface area (Å²) in [5.41, 5.74) is 0.537. The normalized spacial score (nSPS) is 15.9. The molecule has 0 atom stereocenters. The van der Waals surface area contributed by atoms with Gasteiger partial charge < -0.3 is 19.6 Å². The SMILES string of the molecule is CC(C)(C)OC(=O)N1CCN(c2ccc(CO)cc2F)CC1. The second kappa shape index (κ2) is 6.52. The van der Waals surface area contributed by atoms with E-state index in [-0.39, 0.29) is 18.5 Å². The second-order valence-electron chi connectivity index (χ2n) is 6.40. The van der Waals surface area contributed by atoms with E-state index in [0.29, 0.717) is 37.4 Å². The van der Waals surface area contributed by atoms with E-state index in [1.54, 1.807) is 17.0 Å². The number of carbonyl (C=O) groups is 1. The summed E-state index contributed by atoms with van der Waals surface area (Å²) in [6, 6.07) is 4.72. The zero-order valence-electron chi connectivity index (χ0n) is 13.3. The lowest BCUT2D eigenvalue weighted by atomic mass is 10.1. The number of piperazine rings is 1. The first-order chi connectivity index (χ1) is 10.3. The van der Waals surface area contributed by atoms with E-state index in [1.165, 1.54) is 6.07 Å². The van der Waals surface area contributed by atoms with E-state index in [2.05, 4.69) is 0 Å². The van der Waals surface area contributed by atoms with Crippen molar-refractivity contribution in [3.05, 3.63) is 29.6 Å². The fourth-order valence-electron chi connectivity index (χ4n) is 2.36. The topological polar surface area (TPSA) is 53.0 Å². The Morgan fingerprint density at radius 3 is 2.41 bits per heavy atom. The third-order valence-electron chi connectivity index (χ3n) is 3.47. The highest BCUT2D eigenvalue weighted by Crippen LogP contribution is 2.22. The Kier molecular flexibility index (Phi) is 4.90. The molecular formula is C16H23FN2O3. The van der Waals surface area contributed by atoms with Gasteiger partial charge in [0.2, 0.25) is 0 Å². The third kappa shape index (κ3) is 4.10. The van der Waals surface area contributed by atoms with E-state index in [1.807, 2.05) is 25.7 Å². The van der Waals surface area contributed by atoms with Crippen LogP contribution in [0, 0.1) is 5.82 Å². The number of aliphatic hydroxyl groups is 1. The zero-order valence-corrected chi connectivity index (χ0v) is 13.3. The molecule has 1 aromatic carbocycles. The maximum Gasteiger partial charge on any atom is 0.410 e. The molecule has 122 valence electrons. The van der Waals surface area contributed by atoms with E-state index < -0.39 is 5.60 Å². The Bertz CT molecular complexity index is 535. The highest BCUT2D eigenvalue weighted by Gasteiger charge is 2.26. The Balaban J connectivity index is 1.96. The molecule has 0 bridgehead atoms. The summed E-state index contributed by atoms with van der Waals surface area (Å²) in [6.07, 6.45) is -0.330. The van der Waals surface area contributed by atoms with Crippen LogP contribution in [0.3, 0.4) is 0 Å². The minimum atomic E-state index is -0.513. The van der Waals surface area contributed by atoms with Gasteiger partial charge in [-0.15, -0.1) is 0 Å². The lowest BCUT2D eigenvalue weighted by Crippen LogP contribution is -2.50. The minimum Gasteiger partial charge on any atom is -0.444 e. The van der Waals surface area contributed by atoms with Crippen molar-refractivity contribution in [2.75, 3.05) is 31.1 Å². The van der Waals surface area contributed by atoms with Crippen molar-refractivity contribution >= 4 is 11.8 Å². The molecule has 22 heavy (non-hydrogen) atoms. The molecule has 0 unspecified atom stereocenters. The maximum absolute atomic E-state index is 14.0. The van der Waals surface area contributed by atoms with Crippen LogP contribution >= 0.6 is 0 Å².